The van der Waals surface area contributed by atoms with Gasteiger partial charge in [0.1, 0.15) is 5.75 Å². The smallest absolute Gasteiger partial charge is 0.184 e. The first-order valence-corrected chi connectivity index (χ1v) is 6.84. The van der Waals surface area contributed by atoms with Crippen molar-refractivity contribution in [1.82, 2.24) is 0 Å². The maximum absolute atomic E-state index is 12.3. The maximum Gasteiger partial charge on any atom is 0.184 e. The number of nitrogens with two attached hydrogens (primary N) is 1. The largest absolute Gasteiger partial charge is 0.496 e. The van der Waals surface area contributed by atoms with Crippen molar-refractivity contribution in [2.24, 2.45) is 5.73 Å². The number of benzene rings is 1. The quantitative estimate of drug-likeness (QED) is 0.887. The highest BCUT2D eigenvalue weighted by Crippen LogP contribution is 2.28. The van der Waals surface area contributed by atoms with Crippen LogP contribution in [0.1, 0.15) is 19.4 Å². The number of sulfone groups is 1. The zero-order valence-electron chi connectivity index (χ0n) is 10.6. The minimum absolute atomic E-state index is 0.0837. The van der Waals surface area contributed by atoms with E-state index in [4.69, 9.17) is 10.5 Å². The van der Waals surface area contributed by atoms with Crippen LogP contribution in [0.3, 0.4) is 0 Å². The van der Waals surface area contributed by atoms with Crippen molar-refractivity contribution >= 4 is 9.84 Å². The van der Waals surface area contributed by atoms with Crippen molar-refractivity contribution in [2.45, 2.75) is 30.4 Å². The van der Waals surface area contributed by atoms with Crippen LogP contribution in [-0.4, -0.2) is 26.8 Å². The SMILES string of the molecule is COc1ccc(S(=O)(=O)C(C)(C)CN)cc1C. The first-order chi connectivity index (χ1) is 7.76. The molecule has 96 valence electrons. The average Bonchev–Trinajstić information content (AvgIpc) is 2.28. The molecule has 17 heavy (non-hydrogen) atoms. The van der Waals surface area contributed by atoms with Gasteiger partial charge in [0.25, 0.3) is 0 Å². The Labute approximate surface area is 103 Å². The molecule has 1 rings (SSSR count). The third-order valence-electron chi connectivity index (χ3n) is 2.90. The van der Waals surface area contributed by atoms with E-state index in [0.29, 0.717) is 5.75 Å². The van der Waals surface area contributed by atoms with Gasteiger partial charge in [0.2, 0.25) is 0 Å². The molecular weight excluding hydrogens is 238 g/mol. The zero-order chi connectivity index (χ0) is 13.3. The highest BCUT2D eigenvalue weighted by Gasteiger charge is 2.34. The second-order valence-corrected chi connectivity index (χ2v) is 7.18. The number of hydrogen-bond acceptors (Lipinski definition) is 4. The molecule has 0 aliphatic rings. The van der Waals surface area contributed by atoms with Crippen molar-refractivity contribution in [1.29, 1.82) is 0 Å². The van der Waals surface area contributed by atoms with Crippen molar-refractivity contribution in [3.8, 4) is 5.75 Å². The third kappa shape index (κ3) is 2.45. The van der Waals surface area contributed by atoms with Gasteiger partial charge in [-0.05, 0) is 44.5 Å². The summed E-state index contributed by atoms with van der Waals surface area (Å²) in [5.74, 6) is 0.675. The number of ether oxygens (including phenoxy) is 1. The number of methoxy groups -OCH3 is 1. The van der Waals surface area contributed by atoms with Crippen molar-refractivity contribution in [2.75, 3.05) is 13.7 Å². The molecule has 0 aliphatic carbocycles. The van der Waals surface area contributed by atoms with E-state index in [1.807, 2.05) is 6.92 Å². The molecule has 0 unspecified atom stereocenters. The summed E-state index contributed by atoms with van der Waals surface area (Å²) in [7, 11) is -1.86. The lowest BCUT2D eigenvalue weighted by Gasteiger charge is -2.23. The second kappa shape index (κ2) is 4.66. The van der Waals surface area contributed by atoms with E-state index in [0.717, 1.165) is 5.56 Å². The van der Waals surface area contributed by atoms with Crippen LogP contribution in [0.15, 0.2) is 23.1 Å². The van der Waals surface area contributed by atoms with E-state index in [2.05, 4.69) is 0 Å². The molecule has 5 heteroatoms. The van der Waals surface area contributed by atoms with Crippen LogP contribution in [0.5, 0.6) is 5.75 Å². The van der Waals surface area contributed by atoms with Gasteiger partial charge in [0.05, 0.1) is 16.8 Å². The Morgan fingerprint density at radius 3 is 2.35 bits per heavy atom. The van der Waals surface area contributed by atoms with Crippen molar-refractivity contribution < 1.29 is 13.2 Å². The summed E-state index contributed by atoms with van der Waals surface area (Å²) >= 11 is 0. The van der Waals surface area contributed by atoms with Gasteiger partial charge in [-0.3, -0.25) is 0 Å². The molecule has 0 fully saturated rings. The molecule has 4 nitrogen and oxygen atoms in total. The van der Waals surface area contributed by atoms with Crippen molar-refractivity contribution in [3.05, 3.63) is 23.8 Å². The third-order valence-corrected chi connectivity index (χ3v) is 5.39. The Balaban J connectivity index is 3.31. The van der Waals surface area contributed by atoms with Crippen LogP contribution in [0.4, 0.5) is 0 Å². The molecule has 0 amide bonds. The fraction of sp³-hybridized carbons (Fsp3) is 0.500. The van der Waals surface area contributed by atoms with Crippen LogP contribution in [0.2, 0.25) is 0 Å². The Kier molecular flexibility index (Phi) is 3.84. The maximum atomic E-state index is 12.3. The van der Waals surface area contributed by atoms with Crippen LogP contribution >= 0.6 is 0 Å². The summed E-state index contributed by atoms with van der Waals surface area (Å²) in [5.41, 5.74) is 6.31. The lowest BCUT2D eigenvalue weighted by molar-refractivity contribution is 0.411. The molecule has 0 heterocycles. The number of aryl methyl sites for hydroxylation is 1. The molecule has 2 N–H and O–H groups in total. The fourth-order valence-corrected chi connectivity index (χ4v) is 2.88. The van der Waals surface area contributed by atoms with E-state index < -0.39 is 14.6 Å². The average molecular weight is 257 g/mol. The lowest BCUT2D eigenvalue weighted by atomic mass is 10.2. The number of hydrogen-bond donors (Lipinski definition) is 1. The van der Waals surface area contributed by atoms with Gasteiger partial charge in [-0.15, -0.1) is 0 Å². The molecule has 0 aliphatic heterocycles. The van der Waals surface area contributed by atoms with Crippen LogP contribution in [0, 0.1) is 6.92 Å². The molecule has 1 aromatic carbocycles. The highest BCUT2D eigenvalue weighted by atomic mass is 32.2. The van der Waals surface area contributed by atoms with Gasteiger partial charge < -0.3 is 10.5 Å². The van der Waals surface area contributed by atoms with E-state index in [1.54, 1.807) is 39.2 Å². The van der Waals surface area contributed by atoms with Gasteiger partial charge in [-0.2, -0.15) is 0 Å². The molecule has 0 atom stereocenters. The Hall–Kier alpha value is -1.07. The van der Waals surface area contributed by atoms with Crippen LogP contribution < -0.4 is 10.5 Å². The van der Waals surface area contributed by atoms with Gasteiger partial charge >= 0.3 is 0 Å². The minimum Gasteiger partial charge on any atom is -0.496 e. The molecule has 1 aromatic rings. The predicted molar refractivity (Wildman–Crippen MR) is 68.1 cm³/mol. The normalized spacial score (nSPS) is 12.5. The standard InChI is InChI=1S/C12H19NO3S/c1-9-7-10(5-6-11(9)16-4)17(14,15)12(2,3)8-13/h5-7H,8,13H2,1-4H3. The van der Waals surface area contributed by atoms with E-state index >= 15 is 0 Å². The Bertz CT molecular complexity index is 506. The minimum atomic E-state index is -3.42. The predicted octanol–water partition coefficient (Wildman–Crippen LogP) is 1.51. The molecule has 0 saturated heterocycles. The summed E-state index contributed by atoms with van der Waals surface area (Å²) in [5, 5.41) is 0. The molecule has 0 bridgehead atoms. The summed E-state index contributed by atoms with van der Waals surface area (Å²) in [4.78, 5) is 0.284. The first kappa shape index (κ1) is 14.0. The first-order valence-electron chi connectivity index (χ1n) is 5.35. The highest BCUT2D eigenvalue weighted by molar-refractivity contribution is 7.92. The monoisotopic (exact) mass is 257 g/mol. The molecule has 0 spiro atoms. The van der Waals surface area contributed by atoms with Gasteiger partial charge in [-0.1, -0.05) is 0 Å². The topological polar surface area (TPSA) is 69.4 Å². The summed E-state index contributed by atoms with van der Waals surface area (Å²) in [6, 6.07) is 4.83. The second-order valence-electron chi connectivity index (χ2n) is 4.60. The molecule has 0 aromatic heterocycles. The fourth-order valence-electron chi connectivity index (χ4n) is 1.45. The summed E-state index contributed by atoms with van der Waals surface area (Å²) in [6.45, 7) is 5.15. The van der Waals surface area contributed by atoms with Gasteiger partial charge in [0, 0.05) is 6.54 Å². The van der Waals surface area contributed by atoms with E-state index in [-0.39, 0.29) is 11.4 Å². The zero-order valence-corrected chi connectivity index (χ0v) is 11.5. The molecule has 0 saturated carbocycles. The summed E-state index contributed by atoms with van der Waals surface area (Å²) in [6.07, 6.45) is 0. The number of rotatable bonds is 4. The Morgan fingerprint density at radius 1 is 1.35 bits per heavy atom. The molecular formula is C12H19NO3S. The van der Waals surface area contributed by atoms with Gasteiger partial charge in [-0.25, -0.2) is 8.42 Å². The summed E-state index contributed by atoms with van der Waals surface area (Å²) < 4.78 is 28.8. The molecule has 0 radical (unpaired) electrons. The van der Waals surface area contributed by atoms with Crippen LogP contribution in [0.25, 0.3) is 0 Å². The Morgan fingerprint density at radius 2 is 1.94 bits per heavy atom. The van der Waals surface area contributed by atoms with Crippen molar-refractivity contribution in [3.63, 3.8) is 0 Å². The van der Waals surface area contributed by atoms with Gasteiger partial charge in [0.15, 0.2) is 9.84 Å². The van der Waals surface area contributed by atoms with Crippen LogP contribution in [-0.2, 0) is 9.84 Å². The lowest BCUT2D eigenvalue weighted by Crippen LogP contribution is -2.39. The van der Waals surface area contributed by atoms with E-state index in [9.17, 15) is 8.42 Å². The van der Waals surface area contributed by atoms with E-state index in [1.165, 1.54) is 0 Å².